The number of esters is 1. The Morgan fingerprint density at radius 3 is 2.84 bits per heavy atom. The zero-order chi connectivity index (χ0) is 13.9. The van der Waals surface area contributed by atoms with E-state index in [1.165, 1.54) is 7.11 Å². The Kier molecular flexibility index (Phi) is 4.54. The van der Waals surface area contributed by atoms with Gasteiger partial charge in [0.1, 0.15) is 0 Å². The monoisotopic (exact) mass is 339 g/mol. The second-order valence-electron chi connectivity index (χ2n) is 4.80. The highest BCUT2D eigenvalue weighted by Gasteiger charge is 2.44. The first-order valence-electron chi connectivity index (χ1n) is 5.98. The molecule has 0 spiro atoms. The molecule has 0 N–H and O–H groups in total. The molecule has 19 heavy (non-hydrogen) atoms. The zero-order valence-electron chi connectivity index (χ0n) is 10.6. The van der Waals surface area contributed by atoms with Gasteiger partial charge in [0, 0.05) is 15.1 Å². The fraction of sp³-hybridized carbons (Fsp3) is 0.429. The van der Waals surface area contributed by atoms with Crippen LogP contribution in [0.15, 0.2) is 27.6 Å². The van der Waals surface area contributed by atoms with Crippen molar-refractivity contribution in [1.82, 2.24) is 0 Å². The van der Waals surface area contributed by atoms with Crippen LogP contribution in [0.4, 0.5) is 0 Å². The Hall–Kier alpha value is -0.990. The largest absolute Gasteiger partial charge is 0.469 e. The van der Waals surface area contributed by atoms with Gasteiger partial charge in [-0.15, -0.1) is 11.8 Å². The minimum atomic E-state index is -0.128. The van der Waals surface area contributed by atoms with E-state index in [0.717, 1.165) is 28.0 Å². The molecule has 0 aromatic heterocycles. The maximum Gasteiger partial charge on any atom is 0.306 e. The molecule has 1 aromatic carbocycles. The average molecular weight is 340 g/mol. The second-order valence-corrected chi connectivity index (χ2v) is 6.67. The van der Waals surface area contributed by atoms with E-state index in [0.29, 0.717) is 12.0 Å². The first-order chi connectivity index (χ1) is 9.08. The van der Waals surface area contributed by atoms with E-state index < -0.39 is 0 Å². The summed E-state index contributed by atoms with van der Waals surface area (Å²) in [5.41, 5.74) is 0.761. The summed E-state index contributed by atoms with van der Waals surface area (Å²) in [6.07, 6.45) is 2.68. The van der Waals surface area contributed by atoms with Crippen molar-refractivity contribution in [1.29, 1.82) is 5.26 Å². The van der Waals surface area contributed by atoms with Crippen molar-refractivity contribution in [3.05, 3.63) is 28.2 Å². The quantitative estimate of drug-likeness (QED) is 0.605. The van der Waals surface area contributed by atoms with Gasteiger partial charge in [-0.25, -0.2) is 0 Å². The summed E-state index contributed by atoms with van der Waals surface area (Å²) in [5, 5.41) is 8.82. The molecule has 2 rings (SSSR count). The van der Waals surface area contributed by atoms with Crippen molar-refractivity contribution in [3.63, 3.8) is 0 Å². The fourth-order valence-electron chi connectivity index (χ4n) is 1.85. The van der Waals surface area contributed by atoms with Gasteiger partial charge in [0.15, 0.2) is 0 Å². The standard InChI is InChI=1S/C14H14BrNO2S/c1-18-13(17)7-14(4-5-14)9-19-12-3-2-10(8-16)6-11(12)15/h2-3,6H,4-5,7,9H2,1H3. The van der Waals surface area contributed by atoms with Crippen LogP contribution in [-0.2, 0) is 9.53 Å². The topological polar surface area (TPSA) is 50.1 Å². The molecule has 100 valence electrons. The summed E-state index contributed by atoms with van der Waals surface area (Å²) in [6.45, 7) is 0. The summed E-state index contributed by atoms with van der Waals surface area (Å²) in [4.78, 5) is 12.5. The summed E-state index contributed by atoms with van der Waals surface area (Å²) >= 11 is 5.20. The van der Waals surface area contributed by atoms with Gasteiger partial charge in [-0.05, 0) is 52.4 Å². The van der Waals surface area contributed by atoms with Gasteiger partial charge in [-0.3, -0.25) is 4.79 Å². The third kappa shape index (κ3) is 3.74. The number of carbonyl (C=O) groups excluding carboxylic acids is 1. The second kappa shape index (κ2) is 5.98. The highest BCUT2D eigenvalue weighted by Crippen LogP contribution is 2.52. The Balaban J connectivity index is 1.96. The number of ether oxygens (including phenoxy) is 1. The molecule has 0 bridgehead atoms. The number of nitrogens with zero attached hydrogens (tertiary/aromatic N) is 1. The average Bonchev–Trinajstić information content (AvgIpc) is 3.17. The molecule has 0 heterocycles. The molecular formula is C14H14BrNO2S. The Bertz CT molecular complexity index is 535. The molecule has 1 saturated carbocycles. The predicted molar refractivity (Wildman–Crippen MR) is 77.9 cm³/mol. The molecule has 0 saturated heterocycles. The van der Waals surface area contributed by atoms with Crippen molar-refractivity contribution in [2.75, 3.05) is 12.9 Å². The minimum absolute atomic E-state index is 0.116. The predicted octanol–water partition coefficient (Wildman–Crippen LogP) is 3.76. The minimum Gasteiger partial charge on any atom is -0.469 e. The third-order valence-corrected chi connectivity index (χ3v) is 5.64. The van der Waals surface area contributed by atoms with Crippen molar-refractivity contribution in [3.8, 4) is 6.07 Å². The summed E-state index contributed by atoms with van der Waals surface area (Å²) < 4.78 is 5.67. The van der Waals surface area contributed by atoms with E-state index in [1.807, 2.05) is 18.2 Å². The molecule has 3 nitrogen and oxygen atoms in total. The molecule has 1 aliphatic carbocycles. The van der Waals surface area contributed by atoms with Crippen molar-refractivity contribution in [2.24, 2.45) is 5.41 Å². The van der Waals surface area contributed by atoms with Crippen molar-refractivity contribution >= 4 is 33.7 Å². The van der Waals surface area contributed by atoms with Crippen LogP contribution >= 0.6 is 27.7 Å². The lowest BCUT2D eigenvalue weighted by Crippen LogP contribution is -2.13. The van der Waals surface area contributed by atoms with Crippen LogP contribution in [0.1, 0.15) is 24.8 Å². The van der Waals surface area contributed by atoms with Crippen LogP contribution in [0, 0.1) is 16.7 Å². The van der Waals surface area contributed by atoms with Gasteiger partial charge in [-0.1, -0.05) is 0 Å². The number of hydrogen-bond acceptors (Lipinski definition) is 4. The Labute approximate surface area is 125 Å². The number of nitriles is 1. The number of rotatable bonds is 5. The van der Waals surface area contributed by atoms with Crippen LogP contribution in [-0.4, -0.2) is 18.8 Å². The SMILES string of the molecule is COC(=O)CC1(CSc2ccc(C#N)cc2Br)CC1. The molecule has 0 unspecified atom stereocenters. The lowest BCUT2D eigenvalue weighted by atomic mass is 10.1. The molecule has 0 aliphatic heterocycles. The summed E-state index contributed by atoms with van der Waals surface area (Å²) in [7, 11) is 1.43. The van der Waals surface area contributed by atoms with E-state index in [4.69, 9.17) is 10.00 Å². The van der Waals surface area contributed by atoms with Gasteiger partial charge in [0.05, 0.1) is 25.2 Å². The molecule has 0 radical (unpaired) electrons. The highest BCUT2D eigenvalue weighted by molar-refractivity contribution is 9.10. The van der Waals surface area contributed by atoms with Crippen molar-refractivity contribution < 1.29 is 9.53 Å². The van der Waals surface area contributed by atoms with Crippen molar-refractivity contribution in [2.45, 2.75) is 24.2 Å². The lowest BCUT2D eigenvalue weighted by Gasteiger charge is -2.13. The molecular weight excluding hydrogens is 326 g/mol. The van der Waals surface area contributed by atoms with E-state index in [2.05, 4.69) is 22.0 Å². The molecule has 1 aromatic rings. The first kappa shape index (κ1) is 14.4. The smallest absolute Gasteiger partial charge is 0.306 e. The molecule has 0 atom stereocenters. The maximum atomic E-state index is 11.4. The summed E-state index contributed by atoms with van der Waals surface area (Å²) in [5.74, 6) is 0.782. The van der Waals surface area contributed by atoms with Crippen LogP contribution in [0.25, 0.3) is 0 Å². The molecule has 1 aliphatic rings. The van der Waals surface area contributed by atoms with Gasteiger partial charge < -0.3 is 4.74 Å². The first-order valence-corrected chi connectivity index (χ1v) is 7.76. The number of methoxy groups -OCH3 is 1. The van der Waals surface area contributed by atoms with E-state index >= 15 is 0 Å². The van der Waals surface area contributed by atoms with Crippen LogP contribution in [0.2, 0.25) is 0 Å². The molecule has 0 amide bonds. The van der Waals surface area contributed by atoms with Gasteiger partial charge in [-0.2, -0.15) is 5.26 Å². The van der Waals surface area contributed by atoms with Crippen LogP contribution < -0.4 is 0 Å². The van der Waals surface area contributed by atoms with Crippen LogP contribution in [0.5, 0.6) is 0 Å². The lowest BCUT2D eigenvalue weighted by molar-refractivity contribution is -0.141. The molecule has 1 fully saturated rings. The highest BCUT2D eigenvalue weighted by atomic mass is 79.9. The van der Waals surface area contributed by atoms with E-state index in [1.54, 1.807) is 11.8 Å². The summed E-state index contributed by atoms with van der Waals surface area (Å²) in [6, 6.07) is 7.69. The number of hydrogen-bond donors (Lipinski definition) is 0. The third-order valence-electron chi connectivity index (χ3n) is 3.30. The van der Waals surface area contributed by atoms with Gasteiger partial charge in [0.25, 0.3) is 0 Å². The van der Waals surface area contributed by atoms with Gasteiger partial charge in [0.2, 0.25) is 0 Å². The number of thioether (sulfide) groups is 1. The van der Waals surface area contributed by atoms with E-state index in [-0.39, 0.29) is 11.4 Å². The zero-order valence-corrected chi connectivity index (χ0v) is 13.0. The van der Waals surface area contributed by atoms with E-state index in [9.17, 15) is 4.79 Å². The van der Waals surface area contributed by atoms with Gasteiger partial charge >= 0.3 is 5.97 Å². The Morgan fingerprint density at radius 1 is 1.58 bits per heavy atom. The number of carbonyl (C=O) groups is 1. The maximum absolute atomic E-state index is 11.4. The number of halogens is 1. The Morgan fingerprint density at radius 2 is 2.32 bits per heavy atom. The molecule has 5 heteroatoms. The fourth-order valence-corrected chi connectivity index (χ4v) is 3.78. The normalized spacial score (nSPS) is 15.6. The van der Waals surface area contributed by atoms with Crippen LogP contribution in [0.3, 0.4) is 0 Å². The number of benzene rings is 1.